The predicted octanol–water partition coefficient (Wildman–Crippen LogP) is 2.47. The Kier molecular flexibility index (Phi) is 9.48. The van der Waals surface area contributed by atoms with Crippen LogP contribution in [0.4, 0.5) is 4.79 Å². The van der Waals surface area contributed by atoms with E-state index in [-0.39, 0.29) is 23.9 Å². The van der Waals surface area contributed by atoms with E-state index in [1.807, 2.05) is 74.5 Å². The van der Waals surface area contributed by atoms with Gasteiger partial charge >= 0.3 is 6.03 Å². The number of hydrogen-bond donors (Lipinski definition) is 4. The first-order valence-corrected chi connectivity index (χ1v) is 12.2. The lowest BCUT2D eigenvalue weighted by molar-refractivity contribution is -0.128. The first-order chi connectivity index (χ1) is 16.3. The third-order valence-electron chi connectivity index (χ3n) is 6.35. The van der Waals surface area contributed by atoms with Crippen molar-refractivity contribution in [2.24, 2.45) is 11.7 Å². The standard InChI is InChI=1S/C27H38N4O3/c1-19(2)25(31-15-9-14-29-27(31)34)26(33)30-22(16-20-10-5-3-6-11-20)18-24(32)23(28)17-21-12-7-4-8-13-21/h3-8,10-13,19,22-25,32H,9,14-18,28H2,1-2H3,(H,29,34)(H,30,33)/t22-,23+,24-,25-/m1/s1. The van der Waals surface area contributed by atoms with Gasteiger partial charge in [-0.1, -0.05) is 74.5 Å². The lowest BCUT2D eigenvalue weighted by atomic mass is 9.93. The maximum Gasteiger partial charge on any atom is 0.318 e. The zero-order valence-corrected chi connectivity index (χ0v) is 20.2. The molecule has 0 aliphatic carbocycles. The van der Waals surface area contributed by atoms with Gasteiger partial charge < -0.3 is 26.4 Å². The summed E-state index contributed by atoms with van der Waals surface area (Å²) in [5, 5.41) is 16.9. The molecule has 7 heteroatoms. The van der Waals surface area contributed by atoms with E-state index in [1.54, 1.807) is 4.90 Å². The van der Waals surface area contributed by atoms with Gasteiger partial charge in [0.15, 0.2) is 0 Å². The van der Waals surface area contributed by atoms with Gasteiger partial charge in [-0.2, -0.15) is 0 Å². The first-order valence-electron chi connectivity index (χ1n) is 12.2. The van der Waals surface area contributed by atoms with Gasteiger partial charge in [0, 0.05) is 25.2 Å². The molecule has 0 unspecified atom stereocenters. The van der Waals surface area contributed by atoms with Gasteiger partial charge in [-0.25, -0.2) is 4.79 Å². The normalized spacial score (nSPS) is 17.6. The summed E-state index contributed by atoms with van der Waals surface area (Å²) in [5.41, 5.74) is 8.47. The van der Waals surface area contributed by atoms with E-state index >= 15 is 0 Å². The van der Waals surface area contributed by atoms with Gasteiger partial charge in [0.25, 0.3) is 0 Å². The van der Waals surface area contributed by atoms with E-state index in [1.165, 1.54) is 0 Å². The van der Waals surface area contributed by atoms with Crippen LogP contribution < -0.4 is 16.4 Å². The number of nitrogens with zero attached hydrogens (tertiary/aromatic N) is 1. The molecular weight excluding hydrogens is 428 g/mol. The second-order valence-electron chi connectivity index (χ2n) is 9.52. The Labute approximate surface area is 202 Å². The third kappa shape index (κ3) is 7.30. The second-order valence-corrected chi connectivity index (χ2v) is 9.52. The Morgan fingerprint density at radius 3 is 2.21 bits per heavy atom. The van der Waals surface area contributed by atoms with Crippen LogP contribution in [0.1, 0.15) is 37.8 Å². The minimum absolute atomic E-state index is 0.0495. The van der Waals surface area contributed by atoms with Crippen LogP contribution >= 0.6 is 0 Å². The van der Waals surface area contributed by atoms with E-state index in [0.717, 1.165) is 17.5 Å². The molecule has 2 aromatic rings. The number of urea groups is 1. The van der Waals surface area contributed by atoms with Gasteiger partial charge in [0.2, 0.25) is 5.91 Å². The number of carbonyl (C=O) groups excluding carboxylic acids is 2. The summed E-state index contributed by atoms with van der Waals surface area (Å²) in [7, 11) is 0. The molecule has 0 radical (unpaired) electrons. The maximum absolute atomic E-state index is 13.4. The maximum atomic E-state index is 13.4. The molecule has 1 aliphatic heterocycles. The summed E-state index contributed by atoms with van der Waals surface area (Å²) in [6.45, 7) is 5.08. The minimum atomic E-state index is -0.787. The molecule has 7 nitrogen and oxygen atoms in total. The molecule has 1 heterocycles. The van der Waals surface area contributed by atoms with Crippen molar-refractivity contribution in [2.75, 3.05) is 13.1 Å². The summed E-state index contributed by atoms with van der Waals surface area (Å²) < 4.78 is 0. The Morgan fingerprint density at radius 1 is 1.06 bits per heavy atom. The van der Waals surface area contributed by atoms with Crippen LogP contribution in [-0.2, 0) is 17.6 Å². The fourth-order valence-electron chi connectivity index (χ4n) is 4.58. The van der Waals surface area contributed by atoms with Crippen molar-refractivity contribution in [1.82, 2.24) is 15.5 Å². The Balaban J connectivity index is 1.72. The average Bonchev–Trinajstić information content (AvgIpc) is 2.81. The average molecular weight is 467 g/mol. The molecule has 3 amide bonds. The molecule has 34 heavy (non-hydrogen) atoms. The highest BCUT2D eigenvalue weighted by Gasteiger charge is 2.35. The topological polar surface area (TPSA) is 108 Å². The lowest BCUT2D eigenvalue weighted by Crippen LogP contribution is -2.59. The monoisotopic (exact) mass is 466 g/mol. The molecule has 0 spiro atoms. The molecule has 1 saturated heterocycles. The van der Waals surface area contributed by atoms with E-state index in [9.17, 15) is 14.7 Å². The fraction of sp³-hybridized carbons (Fsp3) is 0.481. The summed E-state index contributed by atoms with van der Waals surface area (Å²) in [6.07, 6.45) is 1.47. The van der Waals surface area contributed by atoms with Crippen LogP contribution in [0.25, 0.3) is 0 Å². The van der Waals surface area contributed by atoms with Gasteiger partial charge in [-0.05, 0) is 42.7 Å². The van der Waals surface area contributed by atoms with Crippen molar-refractivity contribution in [3.63, 3.8) is 0 Å². The quantitative estimate of drug-likeness (QED) is 0.408. The molecule has 0 aromatic heterocycles. The van der Waals surface area contributed by atoms with E-state index in [4.69, 9.17) is 5.73 Å². The zero-order valence-electron chi connectivity index (χ0n) is 20.2. The van der Waals surface area contributed by atoms with Crippen molar-refractivity contribution in [1.29, 1.82) is 0 Å². The molecule has 3 rings (SSSR count). The van der Waals surface area contributed by atoms with E-state index < -0.39 is 18.2 Å². The van der Waals surface area contributed by atoms with Gasteiger partial charge in [-0.15, -0.1) is 0 Å². The van der Waals surface area contributed by atoms with Crippen LogP contribution in [0.3, 0.4) is 0 Å². The van der Waals surface area contributed by atoms with Crippen molar-refractivity contribution in [3.05, 3.63) is 71.8 Å². The van der Waals surface area contributed by atoms with Crippen LogP contribution in [0.2, 0.25) is 0 Å². The number of rotatable bonds is 11. The third-order valence-corrected chi connectivity index (χ3v) is 6.35. The number of amides is 3. The van der Waals surface area contributed by atoms with Gasteiger partial charge in [0.05, 0.1) is 6.10 Å². The Morgan fingerprint density at radius 2 is 1.65 bits per heavy atom. The summed E-state index contributed by atoms with van der Waals surface area (Å²) in [6, 6.07) is 18.2. The van der Waals surface area contributed by atoms with E-state index in [0.29, 0.717) is 32.4 Å². The number of nitrogens with two attached hydrogens (primary N) is 1. The van der Waals surface area contributed by atoms with Gasteiger partial charge in [-0.3, -0.25) is 4.79 Å². The SMILES string of the molecule is CC(C)[C@H](C(=O)N[C@H](Cc1ccccc1)C[C@@H](O)[C@@H](N)Cc1ccccc1)N1CCCNC1=O. The second kappa shape index (κ2) is 12.5. The summed E-state index contributed by atoms with van der Waals surface area (Å²) in [5.74, 6) is -0.247. The zero-order chi connectivity index (χ0) is 24.5. The summed E-state index contributed by atoms with van der Waals surface area (Å²) >= 11 is 0. The molecule has 1 fully saturated rings. The van der Waals surface area contributed by atoms with Gasteiger partial charge in [0.1, 0.15) is 6.04 Å². The van der Waals surface area contributed by atoms with Crippen molar-refractivity contribution in [3.8, 4) is 0 Å². The molecule has 1 aliphatic rings. The smallest absolute Gasteiger partial charge is 0.318 e. The van der Waals surface area contributed by atoms with Crippen LogP contribution in [-0.4, -0.2) is 59.3 Å². The largest absolute Gasteiger partial charge is 0.391 e. The number of hydrogen-bond acceptors (Lipinski definition) is 4. The fourth-order valence-corrected chi connectivity index (χ4v) is 4.58. The molecule has 5 N–H and O–H groups in total. The highest BCUT2D eigenvalue weighted by atomic mass is 16.3. The Bertz CT molecular complexity index is 907. The van der Waals surface area contributed by atoms with Crippen molar-refractivity contribution >= 4 is 11.9 Å². The molecule has 2 aromatic carbocycles. The van der Waals surface area contributed by atoms with Crippen molar-refractivity contribution in [2.45, 2.75) is 63.8 Å². The van der Waals surface area contributed by atoms with Crippen LogP contribution in [0.15, 0.2) is 60.7 Å². The predicted molar refractivity (Wildman–Crippen MR) is 134 cm³/mol. The van der Waals surface area contributed by atoms with Crippen LogP contribution in [0, 0.1) is 5.92 Å². The molecule has 184 valence electrons. The molecule has 0 saturated carbocycles. The highest BCUT2D eigenvalue weighted by molar-refractivity contribution is 5.87. The number of aliphatic hydroxyl groups is 1. The highest BCUT2D eigenvalue weighted by Crippen LogP contribution is 2.17. The Hall–Kier alpha value is -2.90. The lowest BCUT2D eigenvalue weighted by Gasteiger charge is -2.37. The summed E-state index contributed by atoms with van der Waals surface area (Å²) in [4.78, 5) is 27.5. The number of carbonyl (C=O) groups is 2. The minimum Gasteiger partial charge on any atom is -0.391 e. The first kappa shape index (κ1) is 25.7. The number of nitrogens with one attached hydrogen (secondary N) is 2. The molecule has 0 bridgehead atoms. The van der Waals surface area contributed by atoms with Crippen molar-refractivity contribution < 1.29 is 14.7 Å². The number of benzene rings is 2. The van der Waals surface area contributed by atoms with Crippen LogP contribution in [0.5, 0.6) is 0 Å². The van der Waals surface area contributed by atoms with E-state index in [2.05, 4.69) is 10.6 Å². The molecular formula is C27H38N4O3. The number of aliphatic hydroxyl groups excluding tert-OH is 1. The molecule has 4 atom stereocenters.